The van der Waals surface area contributed by atoms with E-state index < -0.39 is 17.4 Å². The number of hydrogen-bond acceptors (Lipinski definition) is 7. The third-order valence-electron chi connectivity index (χ3n) is 5.47. The zero-order chi connectivity index (χ0) is 24.2. The standard InChI is InChI=1S/C25H24FN3O4S/c1-4-33-24(31)19-14(2)27-22-21(20(19)15-9-7-10-17(12-15)32-3)23(30)29-25(28-22)34-13-16-8-5-6-11-18(16)26/h5-12,20H,4,13H2,1-3H3,(H2,27,28,29,30). The average Bonchev–Trinajstić information content (AvgIpc) is 2.82. The van der Waals surface area contributed by atoms with Crippen LogP contribution in [0.2, 0.25) is 0 Å². The molecular weight excluding hydrogens is 457 g/mol. The summed E-state index contributed by atoms with van der Waals surface area (Å²) in [6.07, 6.45) is 0. The van der Waals surface area contributed by atoms with Crippen molar-refractivity contribution in [3.63, 3.8) is 0 Å². The number of aromatic amines is 1. The molecule has 2 aromatic carbocycles. The molecule has 1 atom stereocenters. The fraction of sp³-hybridized carbons (Fsp3) is 0.240. The van der Waals surface area contributed by atoms with Crippen LogP contribution in [-0.2, 0) is 15.3 Å². The number of ether oxygens (including phenoxy) is 2. The summed E-state index contributed by atoms with van der Waals surface area (Å²) in [7, 11) is 1.55. The molecule has 0 aliphatic carbocycles. The summed E-state index contributed by atoms with van der Waals surface area (Å²) in [6, 6.07) is 13.7. The van der Waals surface area contributed by atoms with E-state index in [0.717, 1.165) is 0 Å². The fourth-order valence-corrected chi connectivity index (χ4v) is 4.74. The van der Waals surface area contributed by atoms with E-state index >= 15 is 0 Å². The number of hydrogen-bond donors (Lipinski definition) is 2. The maximum Gasteiger partial charge on any atom is 0.336 e. The predicted molar refractivity (Wildman–Crippen MR) is 129 cm³/mol. The lowest BCUT2D eigenvalue weighted by Gasteiger charge is -2.29. The van der Waals surface area contributed by atoms with E-state index in [1.807, 2.05) is 6.07 Å². The quantitative estimate of drug-likeness (QED) is 0.289. The highest BCUT2D eigenvalue weighted by atomic mass is 32.2. The molecule has 0 amide bonds. The van der Waals surface area contributed by atoms with Gasteiger partial charge in [0.1, 0.15) is 17.4 Å². The minimum absolute atomic E-state index is 0.202. The van der Waals surface area contributed by atoms with E-state index in [0.29, 0.717) is 50.4 Å². The summed E-state index contributed by atoms with van der Waals surface area (Å²) in [6.45, 7) is 3.68. The van der Waals surface area contributed by atoms with Crippen molar-refractivity contribution >= 4 is 23.5 Å². The first-order valence-corrected chi connectivity index (χ1v) is 11.7. The molecule has 9 heteroatoms. The van der Waals surface area contributed by atoms with Crippen molar-refractivity contribution in [3.05, 3.63) is 92.7 Å². The van der Waals surface area contributed by atoms with E-state index in [1.54, 1.807) is 57.4 Å². The Balaban J connectivity index is 1.78. The number of aromatic nitrogens is 2. The third kappa shape index (κ3) is 4.70. The number of nitrogens with one attached hydrogen (secondary N) is 2. The molecule has 0 saturated heterocycles. The van der Waals surface area contributed by atoms with Crippen LogP contribution in [0, 0.1) is 5.82 Å². The first-order chi connectivity index (χ1) is 16.4. The molecule has 0 bridgehead atoms. The Morgan fingerprint density at radius 2 is 2.00 bits per heavy atom. The summed E-state index contributed by atoms with van der Waals surface area (Å²) >= 11 is 1.22. The number of methoxy groups -OCH3 is 1. The summed E-state index contributed by atoms with van der Waals surface area (Å²) in [4.78, 5) is 33.6. The topological polar surface area (TPSA) is 93.3 Å². The van der Waals surface area contributed by atoms with Gasteiger partial charge < -0.3 is 19.8 Å². The second-order valence-electron chi connectivity index (χ2n) is 7.61. The largest absolute Gasteiger partial charge is 0.497 e. The molecule has 3 aromatic rings. The Morgan fingerprint density at radius 1 is 1.21 bits per heavy atom. The molecule has 0 radical (unpaired) electrons. The molecule has 0 spiro atoms. The van der Waals surface area contributed by atoms with Crippen LogP contribution in [0.3, 0.4) is 0 Å². The van der Waals surface area contributed by atoms with Crippen LogP contribution in [0.15, 0.2) is 69.8 Å². The molecule has 2 heterocycles. The lowest BCUT2D eigenvalue weighted by molar-refractivity contribution is -0.138. The number of benzene rings is 2. The maximum atomic E-state index is 14.0. The molecule has 176 valence electrons. The maximum absolute atomic E-state index is 14.0. The number of thioether (sulfide) groups is 1. The van der Waals surface area contributed by atoms with Crippen molar-refractivity contribution in [2.75, 3.05) is 19.0 Å². The Morgan fingerprint density at radius 3 is 2.74 bits per heavy atom. The van der Waals surface area contributed by atoms with Crippen LogP contribution < -0.4 is 15.6 Å². The summed E-state index contributed by atoms with van der Waals surface area (Å²) < 4.78 is 24.7. The molecular formula is C25H24FN3O4S. The summed E-state index contributed by atoms with van der Waals surface area (Å²) in [5, 5.41) is 3.44. The molecule has 1 aromatic heterocycles. The number of carbonyl (C=O) groups is 1. The molecule has 4 rings (SSSR count). The van der Waals surface area contributed by atoms with Gasteiger partial charge >= 0.3 is 5.97 Å². The number of halogens is 1. The SMILES string of the molecule is CCOC(=O)C1=C(C)Nc2nc(SCc3ccccc3F)[nH]c(=O)c2C1c1cccc(OC)c1. The van der Waals surface area contributed by atoms with Gasteiger partial charge in [-0.3, -0.25) is 4.79 Å². The van der Waals surface area contributed by atoms with Crippen LogP contribution in [0.5, 0.6) is 5.75 Å². The van der Waals surface area contributed by atoms with Crippen LogP contribution in [0.25, 0.3) is 0 Å². The molecule has 0 fully saturated rings. The molecule has 34 heavy (non-hydrogen) atoms. The first kappa shape index (κ1) is 23.6. The molecule has 0 saturated carbocycles. The van der Waals surface area contributed by atoms with E-state index in [2.05, 4.69) is 15.3 Å². The number of nitrogens with zero attached hydrogens (tertiary/aromatic N) is 1. The summed E-state index contributed by atoms with van der Waals surface area (Å²) in [5.74, 6) is -0.283. The van der Waals surface area contributed by atoms with Crippen molar-refractivity contribution in [2.45, 2.75) is 30.7 Å². The highest BCUT2D eigenvalue weighted by Gasteiger charge is 2.36. The van der Waals surface area contributed by atoms with Gasteiger partial charge in [0, 0.05) is 11.4 Å². The predicted octanol–water partition coefficient (Wildman–Crippen LogP) is 4.60. The molecule has 2 N–H and O–H groups in total. The number of carbonyl (C=O) groups excluding carboxylic acids is 1. The fourth-order valence-electron chi connectivity index (χ4n) is 3.89. The van der Waals surface area contributed by atoms with Crippen molar-refractivity contribution in [3.8, 4) is 5.75 Å². The number of esters is 1. The van der Waals surface area contributed by atoms with Crippen LogP contribution in [-0.4, -0.2) is 29.7 Å². The van der Waals surface area contributed by atoms with Gasteiger partial charge in [0.25, 0.3) is 5.56 Å². The van der Waals surface area contributed by atoms with Gasteiger partial charge in [0.15, 0.2) is 5.16 Å². The van der Waals surface area contributed by atoms with Gasteiger partial charge in [-0.15, -0.1) is 0 Å². The van der Waals surface area contributed by atoms with Crippen molar-refractivity contribution in [2.24, 2.45) is 0 Å². The Kier molecular flexibility index (Phi) is 7.02. The van der Waals surface area contributed by atoms with Crippen molar-refractivity contribution in [1.82, 2.24) is 9.97 Å². The lowest BCUT2D eigenvalue weighted by atomic mass is 9.82. The molecule has 1 unspecified atom stereocenters. The van der Waals surface area contributed by atoms with Gasteiger partial charge in [-0.25, -0.2) is 14.2 Å². The van der Waals surface area contributed by atoms with Gasteiger partial charge in [-0.2, -0.15) is 0 Å². The van der Waals surface area contributed by atoms with E-state index in [-0.39, 0.29) is 12.4 Å². The molecule has 7 nitrogen and oxygen atoms in total. The minimum atomic E-state index is -0.702. The van der Waals surface area contributed by atoms with Gasteiger partial charge in [-0.05, 0) is 43.2 Å². The normalized spacial score (nSPS) is 14.9. The van der Waals surface area contributed by atoms with Crippen LogP contribution in [0.4, 0.5) is 10.2 Å². The minimum Gasteiger partial charge on any atom is -0.497 e. The zero-order valence-electron chi connectivity index (χ0n) is 19.0. The van der Waals surface area contributed by atoms with Gasteiger partial charge in [0.05, 0.1) is 30.8 Å². The zero-order valence-corrected chi connectivity index (χ0v) is 19.8. The van der Waals surface area contributed by atoms with Crippen LogP contribution >= 0.6 is 11.8 Å². The summed E-state index contributed by atoms with van der Waals surface area (Å²) in [5.41, 5.74) is 2.00. The Hall–Kier alpha value is -3.59. The highest BCUT2D eigenvalue weighted by Crippen LogP contribution is 2.41. The van der Waals surface area contributed by atoms with E-state index in [4.69, 9.17) is 9.47 Å². The number of fused-ring (bicyclic) bond motifs is 1. The number of anilines is 1. The van der Waals surface area contributed by atoms with Crippen LogP contribution in [0.1, 0.15) is 36.5 Å². The monoisotopic (exact) mass is 481 g/mol. The smallest absolute Gasteiger partial charge is 0.336 e. The van der Waals surface area contributed by atoms with Gasteiger partial charge in [-0.1, -0.05) is 42.1 Å². The Labute approximate surface area is 200 Å². The number of allylic oxidation sites excluding steroid dienone is 1. The Bertz CT molecular complexity index is 1320. The third-order valence-corrected chi connectivity index (χ3v) is 6.39. The first-order valence-electron chi connectivity index (χ1n) is 10.7. The van der Waals surface area contributed by atoms with Crippen molar-refractivity contribution < 1.29 is 18.7 Å². The molecule has 1 aliphatic rings. The van der Waals surface area contributed by atoms with E-state index in [1.165, 1.54) is 17.8 Å². The van der Waals surface area contributed by atoms with Crippen molar-refractivity contribution in [1.29, 1.82) is 0 Å². The highest BCUT2D eigenvalue weighted by molar-refractivity contribution is 7.98. The lowest BCUT2D eigenvalue weighted by Crippen LogP contribution is -2.31. The second kappa shape index (κ2) is 10.1. The van der Waals surface area contributed by atoms with Gasteiger partial charge in [0.2, 0.25) is 0 Å². The number of rotatable bonds is 7. The average molecular weight is 482 g/mol. The molecule has 1 aliphatic heterocycles. The second-order valence-corrected chi connectivity index (χ2v) is 8.57. The van der Waals surface area contributed by atoms with E-state index in [9.17, 15) is 14.0 Å². The number of H-pyrrole nitrogens is 1.